The third kappa shape index (κ3) is 3.70. The van der Waals surface area contributed by atoms with Gasteiger partial charge in [0, 0.05) is 6.07 Å². The summed E-state index contributed by atoms with van der Waals surface area (Å²) in [5.74, 6) is -1.23. The van der Waals surface area contributed by atoms with E-state index in [2.05, 4.69) is 5.32 Å². The van der Waals surface area contributed by atoms with E-state index in [4.69, 9.17) is 14.2 Å². The number of phenols is 1. The summed E-state index contributed by atoms with van der Waals surface area (Å²) in [6, 6.07) is 8.30. The number of nitrogens with one attached hydrogen (secondary N) is 1. The minimum Gasteiger partial charge on any atom is -0.502 e. The van der Waals surface area contributed by atoms with Crippen LogP contribution >= 0.6 is 0 Å². The third-order valence-corrected chi connectivity index (χ3v) is 4.23. The van der Waals surface area contributed by atoms with Gasteiger partial charge in [-0.3, -0.25) is 14.9 Å². The van der Waals surface area contributed by atoms with E-state index in [0.717, 1.165) is 4.90 Å². The van der Waals surface area contributed by atoms with Crippen molar-refractivity contribution in [3.8, 4) is 23.0 Å². The fraction of sp³-hybridized carbons (Fsp3) is 0.150. The fourth-order valence-electron chi connectivity index (χ4n) is 2.81. The lowest BCUT2D eigenvalue weighted by Crippen LogP contribution is -2.54. The Morgan fingerprint density at radius 3 is 2.21 bits per heavy atom. The number of phenolic OH excluding ortho intramolecular Hbond substituents is 1. The van der Waals surface area contributed by atoms with Gasteiger partial charge in [-0.2, -0.15) is 0 Å². The Bertz CT molecular complexity index is 1000. The summed E-state index contributed by atoms with van der Waals surface area (Å²) in [4.78, 5) is 38.4. The number of anilines is 1. The molecule has 0 aromatic heterocycles. The molecule has 9 nitrogen and oxygen atoms in total. The molecular formula is C20H18N2O7. The van der Waals surface area contributed by atoms with Gasteiger partial charge < -0.3 is 19.3 Å². The van der Waals surface area contributed by atoms with Crippen LogP contribution in [0.1, 0.15) is 5.56 Å². The largest absolute Gasteiger partial charge is 0.502 e. The van der Waals surface area contributed by atoms with Crippen LogP contribution in [0.2, 0.25) is 0 Å². The predicted octanol–water partition coefficient (Wildman–Crippen LogP) is 2.08. The predicted molar refractivity (Wildman–Crippen MR) is 103 cm³/mol. The van der Waals surface area contributed by atoms with Gasteiger partial charge in [-0.1, -0.05) is 6.07 Å². The van der Waals surface area contributed by atoms with Gasteiger partial charge in [0.05, 0.1) is 27.0 Å². The first-order chi connectivity index (χ1) is 13.9. The number of hydrogen-bond acceptors (Lipinski definition) is 7. The summed E-state index contributed by atoms with van der Waals surface area (Å²) in [5.41, 5.74) is 0.322. The van der Waals surface area contributed by atoms with Crippen molar-refractivity contribution in [3.05, 3.63) is 47.5 Å². The van der Waals surface area contributed by atoms with Gasteiger partial charge in [-0.25, -0.2) is 9.69 Å². The average molecular weight is 398 g/mol. The summed E-state index contributed by atoms with van der Waals surface area (Å²) in [7, 11) is 4.16. The molecule has 2 N–H and O–H groups in total. The molecule has 3 rings (SSSR count). The number of imide groups is 2. The van der Waals surface area contributed by atoms with Crippen molar-refractivity contribution in [3.63, 3.8) is 0 Å². The van der Waals surface area contributed by atoms with Crippen molar-refractivity contribution in [2.75, 3.05) is 26.2 Å². The van der Waals surface area contributed by atoms with Crippen LogP contribution in [0.4, 0.5) is 10.5 Å². The van der Waals surface area contributed by atoms with Crippen LogP contribution in [0, 0.1) is 0 Å². The number of urea groups is 1. The quantitative estimate of drug-likeness (QED) is 0.585. The maximum atomic E-state index is 12.9. The number of rotatable bonds is 5. The summed E-state index contributed by atoms with van der Waals surface area (Å²) in [6.45, 7) is 0. The topological polar surface area (TPSA) is 114 Å². The second-order valence-corrected chi connectivity index (χ2v) is 5.93. The maximum Gasteiger partial charge on any atom is 0.335 e. The van der Waals surface area contributed by atoms with E-state index >= 15 is 0 Å². The SMILES string of the molecule is COc1cccc(N2C(=O)NC(=O)/C(=C\c3cc(OC)c(O)c(OC)c3)C2=O)c1. The van der Waals surface area contributed by atoms with Crippen LogP contribution in [-0.4, -0.2) is 44.3 Å². The highest BCUT2D eigenvalue weighted by Gasteiger charge is 2.37. The molecule has 0 aliphatic carbocycles. The summed E-state index contributed by atoms with van der Waals surface area (Å²) < 4.78 is 15.3. The monoisotopic (exact) mass is 398 g/mol. The minimum absolute atomic E-state index is 0.0978. The van der Waals surface area contributed by atoms with E-state index in [1.807, 2.05) is 0 Å². The normalized spacial score (nSPS) is 15.3. The van der Waals surface area contributed by atoms with E-state index in [0.29, 0.717) is 11.3 Å². The number of carbonyl (C=O) groups excluding carboxylic acids is 3. The second-order valence-electron chi connectivity index (χ2n) is 5.93. The van der Waals surface area contributed by atoms with Crippen molar-refractivity contribution in [1.29, 1.82) is 0 Å². The fourth-order valence-corrected chi connectivity index (χ4v) is 2.81. The molecule has 9 heteroatoms. The zero-order valence-electron chi connectivity index (χ0n) is 15.9. The second kappa shape index (κ2) is 7.93. The third-order valence-electron chi connectivity index (χ3n) is 4.23. The lowest BCUT2D eigenvalue weighted by molar-refractivity contribution is -0.122. The highest BCUT2D eigenvalue weighted by molar-refractivity contribution is 6.39. The van der Waals surface area contributed by atoms with Gasteiger partial charge in [0.25, 0.3) is 11.8 Å². The van der Waals surface area contributed by atoms with E-state index in [1.54, 1.807) is 18.2 Å². The molecule has 0 unspecified atom stereocenters. The van der Waals surface area contributed by atoms with Crippen molar-refractivity contribution in [2.45, 2.75) is 0 Å². The smallest absolute Gasteiger partial charge is 0.335 e. The lowest BCUT2D eigenvalue weighted by Gasteiger charge is -2.26. The lowest BCUT2D eigenvalue weighted by atomic mass is 10.1. The maximum absolute atomic E-state index is 12.9. The number of barbiturate groups is 1. The number of benzene rings is 2. The standard InChI is InChI=1S/C20H18N2O7/c1-27-13-6-4-5-12(10-13)22-19(25)14(18(24)21-20(22)26)7-11-8-15(28-2)17(23)16(9-11)29-3/h4-10,23H,1-3H3,(H,21,24,26)/b14-7+. The molecule has 1 fully saturated rings. The van der Waals surface area contributed by atoms with E-state index in [1.165, 1.54) is 45.6 Å². The molecule has 1 aliphatic heterocycles. The minimum atomic E-state index is -0.869. The molecule has 1 aliphatic rings. The van der Waals surface area contributed by atoms with E-state index in [9.17, 15) is 19.5 Å². The van der Waals surface area contributed by atoms with Gasteiger partial charge in [-0.05, 0) is 35.9 Å². The Hall–Kier alpha value is -4.01. The van der Waals surface area contributed by atoms with Crippen molar-refractivity contribution >= 4 is 29.6 Å². The van der Waals surface area contributed by atoms with E-state index < -0.39 is 17.8 Å². The van der Waals surface area contributed by atoms with Gasteiger partial charge in [0.1, 0.15) is 11.3 Å². The highest BCUT2D eigenvalue weighted by Crippen LogP contribution is 2.38. The van der Waals surface area contributed by atoms with Gasteiger partial charge >= 0.3 is 6.03 Å². The number of amides is 4. The Morgan fingerprint density at radius 2 is 1.62 bits per heavy atom. The summed E-state index contributed by atoms with van der Waals surface area (Å²) >= 11 is 0. The molecule has 0 bridgehead atoms. The number of nitrogens with zero attached hydrogens (tertiary/aromatic N) is 1. The molecule has 1 saturated heterocycles. The van der Waals surface area contributed by atoms with Crippen molar-refractivity contribution in [1.82, 2.24) is 5.32 Å². The van der Waals surface area contributed by atoms with Crippen LogP contribution in [0.5, 0.6) is 23.0 Å². The number of ether oxygens (including phenoxy) is 3. The van der Waals surface area contributed by atoms with Crippen molar-refractivity contribution < 1.29 is 33.7 Å². The number of carbonyl (C=O) groups is 3. The molecule has 29 heavy (non-hydrogen) atoms. The van der Waals surface area contributed by atoms with Crippen LogP contribution in [-0.2, 0) is 9.59 Å². The number of methoxy groups -OCH3 is 3. The van der Waals surface area contributed by atoms with Crippen LogP contribution in [0.15, 0.2) is 42.0 Å². The first-order valence-electron chi connectivity index (χ1n) is 8.40. The number of hydrogen-bond donors (Lipinski definition) is 2. The van der Waals surface area contributed by atoms with E-state index in [-0.39, 0.29) is 28.5 Å². The first-order valence-corrected chi connectivity index (χ1v) is 8.40. The summed E-state index contributed by atoms with van der Waals surface area (Å²) in [5, 5.41) is 12.2. The molecule has 2 aromatic carbocycles. The molecule has 2 aromatic rings. The van der Waals surface area contributed by atoms with Crippen molar-refractivity contribution in [2.24, 2.45) is 0 Å². The zero-order chi connectivity index (χ0) is 21.1. The highest BCUT2D eigenvalue weighted by atomic mass is 16.5. The van der Waals surface area contributed by atoms with Gasteiger partial charge in [0.2, 0.25) is 5.75 Å². The van der Waals surface area contributed by atoms with Gasteiger partial charge in [-0.15, -0.1) is 0 Å². The molecule has 150 valence electrons. The molecule has 0 radical (unpaired) electrons. The Balaban J connectivity index is 2.06. The van der Waals surface area contributed by atoms with Crippen LogP contribution in [0.3, 0.4) is 0 Å². The van der Waals surface area contributed by atoms with Crippen LogP contribution in [0.25, 0.3) is 6.08 Å². The zero-order valence-corrected chi connectivity index (χ0v) is 15.9. The molecule has 1 heterocycles. The first kappa shape index (κ1) is 19.7. The Labute approximate surface area is 166 Å². The molecule has 0 atom stereocenters. The molecule has 4 amide bonds. The Kier molecular flexibility index (Phi) is 5.40. The molecule has 0 saturated carbocycles. The van der Waals surface area contributed by atoms with Crippen LogP contribution < -0.4 is 24.4 Å². The Morgan fingerprint density at radius 1 is 0.966 bits per heavy atom. The molecular weight excluding hydrogens is 380 g/mol. The summed E-state index contributed by atoms with van der Waals surface area (Å²) in [6.07, 6.45) is 1.28. The number of aromatic hydroxyl groups is 1. The van der Waals surface area contributed by atoms with Gasteiger partial charge in [0.15, 0.2) is 11.5 Å². The molecule has 0 spiro atoms. The average Bonchev–Trinajstić information content (AvgIpc) is 2.72.